The minimum absolute atomic E-state index is 0.157. The van der Waals surface area contributed by atoms with E-state index in [0.29, 0.717) is 28.8 Å². The third kappa shape index (κ3) is 4.16. The molecule has 0 saturated carbocycles. The zero-order chi connectivity index (χ0) is 18.7. The number of benzene rings is 1. The zero-order valence-electron chi connectivity index (χ0n) is 15.0. The van der Waals surface area contributed by atoms with Gasteiger partial charge in [0.1, 0.15) is 13.2 Å². The van der Waals surface area contributed by atoms with Gasteiger partial charge in [-0.1, -0.05) is 19.9 Å². The predicted molar refractivity (Wildman–Crippen MR) is 101 cm³/mol. The Morgan fingerprint density at radius 2 is 1.81 bits per heavy atom. The Morgan fingerprint density at radius 3 is 2.50 bits per heavy atom. The van der Waals surface area contributed by atoms with Crippen molar-refractivity contribution in [1.82, 2.24) is 5.32 Å². The second-order valence-corrected chi connectivity index (χ2v) is 7.53. The predicted octanol–water partition coefficient (Wildman–Crippen LogP) is 3.60. The van der Waals surface area contributed by atoms with Crippen LogP contribution in [0, 0.1) is 5.92 Å². The lowest BCUT2D eigenvalue weighted by Gasteiger charge is -2.25. The van der Waals surface area contributed by atoms with Gasteiger partial charge in [-0.2, -0.15) is 0 Å². The molecule has 1 atom stereocenters. The molecule has 0 radical (unpaired) electrons. The maximum atomic E-state index is 12.7. The van der Waals surface area contributed by atoms with Gasteiger partial charge in [0.25, 0.3) is 5.91 Å². The Balaban J connectivity index is 1.77. The van der Waals surface area contributed by atoms with E-state index < -0.39 is 0 Å². The number of hydrogen-bond acceptors (Lipinski definition) is 5. The minimum Gasteiger partial charge on any atom is -0.486 e. The lowest BCUT2D eigenvalue weighted by atomic mass is 9.95. The number of ether oxygens (including phenoxy) is 2. The molecule has 7 heteroatoms. The highest BCUT2D eigenvalue weighted by atomic mass is 32.1. The van der Waals surface area contributed by atoms with Crippen molar-refractivity contribution < 1.29 is 19.1 Å². The number of amides is 2. The van der Waals surface area contributed by atoms with E-state index >= 15 is 0 Å². The van der Waals surface area contributed by atoms with Gasteiger partial charge >= 0.3 is 0 Å². The number of hydrogen-bond donors (Lipinski definition) is 2. The number of nitrogens with one attached hydrogen (secondary N) is 2. The van der Waals surface area contributed by atoms with E-state index in [1.54, 1.807) is 12.1 Å². The molecule has 26 heavy (non-hydrogen) atoms. The molecule has 0 spiro atoms. The summed E-state index contributed by atoms with van der Waals surface area (Å²) in [7, 11) is 0. The van der Waals surface area contributed by atoms with Crippen molar-refractivity contribution in [2.24, 2.45) is 5.92 Å². The van der Waals surface area contributed by atoms with Crippen molar-refractivity contribution in [3.8, 4) is 11.5 Å². The summed E-state index contributed by atoms with van der Waals surface area (Å²) in [6.07, 6.45) is 0. The molecule has 138 valence electrons. The van der Waals surface area contributed by atoms with Gasteiger partial charge in [-0.05, 0) is 35.7 Å². The van der Waals surface area contributed by atoms with Crippen molar-refractivity contribution in [3.63, 3.8) is 0 Å². The summed E-state index contributed by atoms with van der Waals surface area (Å²) in [4.78, 5) is 24.3. The average Bonchev–Trinajstić information content (AvgIpc) is 3.06. The van der Waals surface area contributed by atoms with Gasteiger partial charge in [-0.25, -0.2) is 0 Å². The molecular weight excluding hydrogens is 352 g/mol. The highest BCUT2D eigenvalue weighted by molar-refractivity contribution is 7.18. The van der Waals surface area contributed by atoms with Crippen LogP contribution in [0.4, 0.5) is 5.00 Å². The molecule has 0 fully saturated rings. The zero-order valence-corrected chi connectivity index (χ0v) is 15.8. The summed E-state index contributed by atoms with van der Waals surface area (Å²) in [5.41, 5.74) is 0.969. The molecule has 0 unspecified atom stereocenters. The van der Waals surface area contributed by atoms with Crippen LogP contribution in [0.2, 0.25) is 0 Å². The first-order valence-electron chi connectivity index (χ1n) is 8.52. The minimum atomic E-state index is -0.166. The van der Waals surface area contributed by atoms with Crippen molar-refractivity contribution in [2.45, 2.75) is 26.8 Å². The monoisotopic (exact) mass is 374 g/mol. The average molecular weight is 374 g/mol. The smallest absolute Gasteiger partial charge is 0.261 e. The van der Waals surface area contributed by atoms with Crippen LogP contribution in [0.1, 0.15) is 42.0 Å². The molecule has 1 aliphatic heterocycles. The summed E-state index contributed by atoms with van der Waals surface area (Å²) in [5, 5.41) is 6.43. The number of fused-ring (bicyclic) bond motifs is 1. The van der Waals surface area contributed by atoms with Crippen LogP contribution in [0.5, 0.6) is 11.5 Å². The van der Waals surface area contributed by atoms with Gasteiger partial charge in [-0.15, -0.1) is 11.3 Å². The van der Waals surface area contributed by atoms with Crippen molar-refractivity contribution in [3.05, 3.63) is 40.8 Å². The lowest BCUT2D eigenvalue weighted by molar-refractivity contribution is -0.114. The summed E-state index contributed by atoms with van der Waals surface area (Å²) < 4.78 is 11.2. The number of carbonyl (C=O) groups is 2. The quantitative estimate of drug-likeness (QED) is 0.838. The summed E-state index contributed by atoms with van der Waals surface area (Å²) >= 11 is 1.25. The molecular formula is C19H22N2O4S. The van der Waals surface area contributed by atoms with Gasteiger partial charge in [0.05, 0.1) is 15.9 Å². The maximum absolute atomic E-state index is 12.7. The highest BCUT2D eigenvalue weighted by Crippen LogP contribution is 2.34. The standard InChI is InChI=1S/C19H22N2O4S/c1-11(2)18(13-4-5-14-15(10-13)25-9-8-24-14)21-19(23)16-6-7-17(26-16)20-12(3)22/h4-7,10-11,18H,8-9H2,1-3H3,(H,20,22)(H,21,23)/t18-/m0/s1. The van der Waals surface area contributed by atoms with Gasteiger partial charge < -0.3 is 20.1 Å². The fourth-order valence-corrected chi connectivity index (χ4v) is 3.66. The second-order valence-electron chi connectivity index (χ2n) is 6.44. The lowest BCUT2D eigenvalue weighted by Crippen LogP contribution is -2.31. The van der Waals surface area contributed by atoms with Crippen molar-refractivity contribution in [1.29, 1.82) is 0 Å². The Labute approximate surface area is 156 Å². The molecule has 2 heterocycles. The van der Waals surface area contributed by atoms with Crippen LogP contribution in [0.25, 0.3) is 0 Å². The summed E-state index contributed by atoms with van der Waals surface area (Å²) in [6, 6.07) is 9.05. The van der Waals surface area contributed by atoms with E-state index in [1.165, 1.54) is 18.3 Å². The maximum Gasteiger partial charge on any atom is 0.261 e. The van der Waals surface area contributed by atoms with E-state index in [1.807, 2.05) is 18.2 Å². The van der Waals surface area contributed by atoms with Crippen LogP contribution >= 0.6 is 11.3 Å². The molecule has 0 saturated heterocycles. The van der Waals surface area contributed by atoms with Gasteiger partial charge in [-0.3, -0.25) is 9.59 Å². The molecule has 2 N–H and O–H groups in total. The van der Waals surface area contributed by atoms with E-state index in [0.717, 1.165) is 11.3 Å². The van der Waals surface area contributed by atoms with Crippen LogP contribution in [-0.2, 0) is 4.79 Å². The molecule has 1 aliphatic rings. The largest absolute Gasteiger partial charge is 0.486 e. The number of thiophene rings is 1. The summed E-state index contributed by atoms with van der Waals surface area (Å²) in [6.45, 7) is 6.62. The topological polar surface area (TPSA) is 76.7 Å². The third-order valence-corrected chi connectivity index (χ3v) is 5.01. The Hall–Kier alpha value is -2.54. The molecule has 2 aromatic rings. The van der Waals surface area contributed by atoms with Crippen LogP contribution in [0.3, 0.4) is 0 Å². The summed E-state index contributed by atoms with van der Waals surface area (Å²) in [5.74, 6) is 1.30. The van der Waals surface area contributed by atoms with Crippen molar-refractivity contribution >= 4 is 28.2 Å². The Morgan fingerprint density at radius 1 is 1.08 bits per heavy atom. The fourth-order valence-electron chi connectivity index (χ4n) is 2.80. The SMILES string of the molecule is CC(=O)Nc1ccc(C(=O)N[C@H](c2ccc3c(c2)OCCO3)C(C)C)s1. The molecule has 2 amide bonds. The number of rotatable bonds is 5. The van der Waals surface area contributed by atoms with E-state index in [9.17, 15) is 9.59 Å². The van der Waals surface area contributed by atoms with E-state index in [4.69, 9.17) is 9.47 Å². The van der Waals surface area contributed by atoms with Crippen LogP contribution < -0.4 is 20.1 Å². The molecule has 1 aromatic carbocycles. The Bertz CT molecular complexity index is 816. The van der Waals surface area contributed by atoms with Gasteiger partial charge in [0, 0.05) is 6.92 Å². The third-order valence-electron chi connectivity index (χ3n) is 4.01. The first kappa shape index (κ1) is 18.3. The first-order chi connectivity index (χ1) is 12.4. The molecule has 0 aliphatic carbocycles. The van der Waals surface area contributed by atoms with Gasteiger partial charge in [0.15, 0.2) is 11.5 Å². The number of anilines is 1. The first-order valence-corrected chi connectivity index (χ1v) is 9.33. The van der Waals surface area contributed by atoms with E-state index in [-0.39, 0.29) is 23.8 Å². The molecule has 6 nitrogen and oxygen atoms in total. The molecule has 0 bridgehead atoms. The van der Waals surface area contributed by atoms with Crippen LogP contribution in [-0.4, -0.2) is 25.0 Å². The molecule has 1 aromatic heterocycles. The normalized spacial score (nSPS) is 14.0. The highest BCUT2D eigenvalue weighted by Gasteiger charge is 2.22. The van der Waals surface area contributed by atoms with Gasteiger partial charge in [0.2, 0.25) is 5.91 Å². The van der Waals surface area contributed by atoms with Crippen molar-refractivity contribution in [2.75, 3.05) is 18.5 Å². The molecule has 3 rings (SSSR count). The number of carbonyl (C=O) groups excluding carboxylic acids is 2. The Kier molecular flexibility index (Phi) is 5.46. The van der Waals surface area contributed by atoms with E-state index in [2.05, 4.69) is 24.5 Å². The van der Waals surface area contributed by atoms with Crippen LogP contribution in [0.15, 0.2) is 30.3 Å². The fraction of sp³-hybridized carbons (Fsp3) is 0.368. The second kappa shape index (κ2) is 7.78.